The quantitative estimate of drug-likeness (QED) is 0.174. The third kappa shape index (κ3) is 6.71. The highest BCUT2D eigenvalue weighted by atomic mass is 32.2. The number of unbranched alkanes of at least 4 members (excludes halogenated alkanes) is 4. The van der Waals surface area contributed by atoms with E-state index in [1.54, 1.807) is 17.5 Å². The summed E-state index contributed by atoms with van der Waals surface area (Å²) in [5, 5.41) is 4.71. The van der Waals surface area contributed by atoms with E-state index < -0.39 is 10.0 Å². The number of aromatic nitrogens is 4. The Morgan fingerprint density at radius 2 is 1.65 bits per heavy atom. The number of aromatic amines is 1. The molecule has 0 fully saturated rings. The molecule has 2 heterocycles. The lowest BCUT2D eigenvalue weighted by Gasteiger charge is -2.17. The van der Waals surface area contributed by atoms with E-state index >= 15 is 0 Å². The number of benzene rings is 2. The Balaban J connectivity index is 1.77. The van der Waals surface area contributed by atoms with Crippen molar-refractivity contribution < 1.29 is 27.4 Å². The number of ether oxygens (including phenoxy) is 4. The fraction of sp³-hybridized carbons (Fsp3) is 0.433. The molecule has 43 heavy (non-hydrogen) atoms. The van der Waals surface area contributed by atoms with E-state index in [0.29, 0.717) is 47.1 Å². The van der Waals surface area contributed by atoms with Gasteiger partial charge in [-0.25, -0.2) is 17.9 Å². The number of imidazole rings is 1. The van der Waals surface area contributed by atoms with E-state index in [1.807, 2.05) is 6.92 Å². The van der Waals surface area contributed by atoms with Crippen molar-refractivity contribution in [2.24, 2.45) is 0 Å². The van der Waals surface area contributed by atoms with Crippen molar-refractivity contribution in [1.82, 2.24) is 19.6 Å². The molecule has 232 valence electrons. The summed E-state index contributed by atoms with van der Waals surface area (Å²) in [5.74, 6) is 1.98. The standard InChI is InChI=1S/C30H39N5O7S/c1-7-9-10-11-12-13-25-31-19(3)26-30(36)32-29(33-35(25)26)21-18-20(14-16-23(21)42-8-2)43(37,38)34-22-15-17-24(39-4)28(41-6)27(22)40-5/h14-18,34H,7-13H2,1-6H3,(H,32,33,36). The molecule has 2 aromatic heterocycles. The topological polar surface area (TPSA) is 146 Å². The summed E-state index contributed by atoms with van der Waals surface area (Å²) in [6.07, 6.45) is 6.12. The van der Waals surface area contributed by atoms with Crippen molar-refractivity contribution in [2.75, 3.05) is 32.7 Å². The van der Waals surface area contributed by atoms with Gasteiger partial charge in [-0.15, -0.1) is 5.10 Å². The minimum Gasteiger partial charge on any atom is -0.493 e. The molecule has 0 atom stereocenters. The van der Waals surface area contributed by atoms with Crippen molar-refractivity contribution in [3.63, 3.8) is 0 Å². The number of hydrogen-bond acceptors (Lipinski definition) is 9. The Labute approximate surface area is 251 Å². The summed E-state index contributed by atoms with van der Waals surface area (Å²) in [4.78, 5) is 20.6. The highest BCUT2D eigenvalue weighted by Crippen LogP contribution is 2.43. The van der Waals surface area contributed by atoms with E-state index in [0.717, 1.165) is 25.7 Å². The molecule has 0 saturated heterocycles. The lowest BCUT2D eigenvalue weighted by molar-refractivity contribution is 0.325. The van der Waals surface area contributed by atoms with Gasteiger partial charge in [0.2, 0.25) is 5.75 Å². The van der Waals surface area contributed by atoms with E-state index in [-0.39, 0.29) is 33.5 Å². The van der Waals surface area contributed by atoms with Crippen LogP contribution in [0.25, 0.3) is 16.9 Å². The van der Waals surface area contributed by atoms with Crippen LogP contribution in [0.15, 0.2) is 40.0 Å². The predicted octanol–water partition coefficient (Wildman–Crippen LogP) is 5.13. The molecule has 12 nitrogen and oxygen atoms in total. The molecular weight excluding hydrogens is 574 g/mol. The normalized spacial score (nSPS) is 11.5. The fourth-order valence-corrected chi connectivity index (χ4v) is 6.02. The van der Waals surface area contributed by atoms with Gasteiger partial charge in [-0.1, -0.05) is 32.6 Å². The molecule has 0 aliphatic heterocycles. The van der Waals surface area contributed by atoms with Crippen molar-refractivity contribution >= 4 is 21.2 Å². The number of rotatable bonds is 15. The monoisotopic (exact) mass is 613 g/mol. The molecule has 2 aromatic carbocycles. The SMILES string of the molecule is CCCCCCCc1nc(C)c2c(=O)[nH]c(-c3cc(S(=O)(=O)Nc4ccc(OC)c(OC)c4OC)ccc3OCC)nn12. The summed E-state index contributed by atoms with van der Waals surface area (Å²) in [5.41, 5.74) is 1.02. The molecule has 13 heteroatoms. The summed E-state index contributed by atoms with van der Waals surface area (Å²) in [6, 6.07) is 7.46. The second-order valence-electron chi connectivity index (χ2n) is 9.92. The summed E-state index contributed by atoms with van der Waals surface area (Å²) >= 11 is 0. The number of anilines is 1. The van der Waals surface area contributed by atoms with Crippen LogP contribution in [-0.2, 0) is 16.4 Å². The van der Waals surface area contributed by atoms with E-state index in [9.17, 15) is 13.2 Å². The Morgan fingerprint density at radius 1 is 0.930 bits per heavy atom. The molecule has 4 rings (SSSR count). The van der Waals surface area contributed by atoms with Gasteiger partial charge >= 0.3 is 0 Å². The van der Waals surface area contributed by atoms with Gasteiger partial charge in [0.1, 0.15) is 11.6 Å². The zero-order valence-electron chi connectivity index (χ0n) is 25.4. The van der Waals surface area contributed by atoms with Crippen LogP contribution in [0.1, 0.15) is 57.5 Å². The molecule has 0 unspecified atom stereocenters. The van der Waals surface area contributed by atoms with Crippen LogP contribution in [0.4, 0.5) is 5.69 Å². The van der Waals surface area contributed by atoms with Crippen LogP contribution >= 0.6 is 0 Å². The van der Waals surface area contributed by atoms with Gasteiger partial charge in [-0.3, -0.25) is 9.52 Å². The lowest BCUT2D eigenvalue weighted by Crippen LogP contribution is -2.17. The first-order valence-electron chi connectivity index (χ1n) is 14.3. The highest BCUT2D eigenvalue weighted by molar-refractivity contribution is 7.92. The largest absolute Gasteiger partial charge is 0.493 e. The average Bonchev–Trinajstić information content (AvgIpc) is 3.32. The average molecular weight is 614 g/mol. The van der Waals surface area contributed by atoms with Crippen molar-refractivity contribution in [2.45, 2.75) is 64.2 Å². The molecule has 0 bridgehead atoms. The number of aryl methyl sites for hydroxylation is 2. The minimum absolute atomic E-state index is 0.0801. The van der Waals surface area contributed by atoms with Gasteiger partial charge in [-0.2, -0.15) is 0 Å². The van der Waals surface area contributed by atoms with E-state index in [4.69, 9.17) is 24.0 Å². The maximum absolute atomic E-state index is 13.6. The highest BCUT2D eigenvalue weighted by Gasteiger charge is 2.24. The van der Waals surface area contributed by atoms with Gasteiger partial charge in [0.25, 0.3) is 15.6 Å². The van der Waals surface area contributed by atoms with Gasteiger partial charge in [0.15, 0.2) is 22.8 Å². The van der Waals surface area contributed by atoms with E-state index in [1.165, 1.54) is 52.0 Å². The number of H-pyrrole nitrogens is 1. The maximum Gasteiger partial charge on any atom is 0.277 e. The summed E-state index contributed by atoms with van der Waals surface area (Å²) in [6.45, 7) is 6.08. The Bertz CT molecular complexity index is 1750. The Hall–Kier alpha value is -4.26. The first-order chi connectivity index (χ1) is 20.7. The number of nitrogens with one attached hydrogen (secondary N) is 2. The zero-order valence-corrected chi connectivity index (χ0v) is 26.3. The van der Waals surface area contributed by atoms with E-state index in [2.05, 4.69) is 21.6 Å². The number of fused-ring (bicyclic) bond motifs is 1. The first-order valence-corrected chi connectivity index (χ1v) is 15.7. The third-order valence-corrected chi connectivity index (χ3v) is 8.37. The lowest BCUT2D eigenvalue weighted by atomic mass is 10.1. The Morgan fingerprint density at radius 3 is 2.33 bits per heavy atom. The van der Waals surface area contributed by atoms with Gasteiger partial charge < -0.3 is 23.9 Å². The van der Waals surface area contributed by atoms with Crippen molar-refractivity contribution in [1.29, 1.82) is 0 Å². The van der Waals surface area contributed by atoms with Crippen LogP contribution < -0.4 is 29.2 Å². The molecular formula is C30H39N5O7S. The van der Waals surface area contributed by atoms with Crippen LogP contribution in [0, 0.1) is 6.92 Å². The first kappa shape index (κ1) is 31.7. The van der Waals surface area contributed by atoms with Gasteiger partial charge in [0.05, 0.1) is 49.8 Å². The van der Waals surface area contributed by atoms with Crippen LogP contribution in [0.5, 0.6) is 23.0 Å². The number of sulfonamides is 1. The van der Waals surface area contributed by atoms with Crippen molar-refractivity contribution in [3.05, 3.63) is 52.2 Å². The second kappa shape index (κ2) is 13.8. The summed E-state index contributed by atoms with van der Waals surface area (Å²) in [7, 11) is 0.157. The number of nitrogens with zero attached hydrogens (tertiary/aromatic N) is 3. The molecule has 0 aliphatic carbocycles. The van der Waals surface area contributed by atoms with Crippen LogP contribution in [0.2, 0.25) is 0 Å². The minimum atomic E-state index is -4.15. The second-order valence-corrected chi connectivity index (χ2v) is 11.6. The third-order valence-electron chi connectivity index (χ3n) is 7.01. The summed E-state index contributed by atoms with van der Waals surface area (Å²) < 4.78 is 53.3. The predicted molar refractivity (Wildman–Crippen MR) is 164 cm³/mol. The molecule has 0 saturated carbocycles. The van der Waals surface area contributed by atoms with Gasteiger partial charge in [-0.05, 0) is 50.6 Å². The number of hydrogen-bond donors (Lipinski definition) is 2. The Kier molecular flexibility index (Phi) is 10.2. The smallest absolute Gasteiger partial charge is 0.277 e. The van der Waals surface area contributed by atoms with Gasteiger partial charge in [0, 0.05) is 6.42 Å². The van der Waals surface area contributed by atoms with Crippen molar-refractivity contribution in [3.8, 4) is 34.4 Å². The molecule has 0 amide bonds. The number of methoxy groups -OCH3 is 3. The maximum atomic E-state index is 13.6. The molecule has 0 aliphatic rings. The van der Waals surface area contributed by atoms with Crippen LogP contribution in [-0.4, -0.2) is 55.9 Å². The fourth-order valence-electron chi connectivity index (χ4n) is 4.93. The zero-order chi connectivity index (χ0) is 31.1. The molecule has 0 radical (unpaired) electrons. The molecule has 0 spiro atoms. The molecule has 4 aromatic rings. The molecule has 2 N–H and O–H groups in total. The van der Waals surface area contributed by atoms with Crippen LogP contribution in [0.3, 0.4) is 0 Å².